The minimum atomic E-state index is -3.13. The van der Waals surface area contributed by atoms with E-state index in [9.17, 15) is 8.42 Å². The third-order valence-electron chi connectivity index (χ3n) is 2.92. The van der Waals surface area contributed by atoms with E-state index in [4.69, 9.17) is 0 Å². The van der Waals surface area contributed by atoms with Crippen molar-refractivity contribution in [2.75, 3.05) is 18.8 Å². The van der Waals surface area contributed by atoms with Crippen molar-refractivity contribution in [3.05, 3.63) is 24.5 Å². The zero-order chi connectivity index (χ0) is 11.4. The monoisotopic (exact) mass is 240 g/mol. The molecule has 1 aliphatic rings. The zero-order valence-electron chi connectivity index (χ0n) is 9.09. The van der Waals surface area contributed by atoms with Crippen molar-refractivity contribution in [2.45, 2.75) is 17.7 Å². The lowest BCUT2D eigenvalue weighted by Crippen LogP contribution is -2.31. The molecule has 1 fully saturated rings. The quantitative estimate of drug-likeness (QED) is 0.851. The van der Waals surface area contributed by atoms with Crippen molar-refractivity contribution in [1.82, 2.24) is 10.3 Å². The third kappa shape index (κ3) is 2.80. The third-order valence-corrected chi connectivity index (χ3v) is 4.82. The second-order valence-corrected chi connectivity index (χ2v) is 6.19. The molecule has 0 amide bonds. The van der Waals surface area contributed by atoms with Gasteiger partial charge in [-0.1, -0.05) is 0 Å². The van der Waals surface area contributed by atoms with Crippen LogP contribution in [0.4, 0.5) is 0 Å². The summed E-state index contributed by atoms with van der Waals surface area (Å²) in [6.45, 7) is 1.85. The van der Waals surface area contributed by atoms with Gasteiger partial charge in [-0.25, -0.2) is 8.42 Å². The van der Waals surface area contributed by atoms with E-state index < -0.39 is 9.84 Å². The lowest BCUT2D eigenvalue weighted by molar-refractivity contribution is 0.401. The van der Waals surface area contributed by atoms with Crippen molar-refractivity contribution < 1.29 is 8.42 Å². The molecule has 0 aromatic carbocycles. The number of nitrogens with zero attached hydrogens (tertiary/aromatic N) is 1. The Morgan fingerprint density at radius 1 is 1.25 bits per heavy atom. The predicted molar refractivity (Wildman–Crippen MR) is 61.9 cm³/mol. The molecule has 0 aliphatic carbocycles. The lowest BCUT2D eigenvalue weighted by Gasteiger charge is -2.22. The van der Waals surface area contributed by atoms with Crippen molar-refractivity contribution in [3.63, 3.8) is 0 Å². The summed E-state index contributed by atoms with van der Waals surface area (Å²) in [5, 5.41) is 3.24. The molecule has 1 N–H and O–H groups in total. The predicted octanol–water partition coefficient (Wildman–Crippen LogP) is 0.855. The molecule has 0 spiro atoms. The largest absolute Gasteiger partial charge is 0.317 e. The van der Waals surface area contributed by atoms with Gasteiger partial charge in [-0.2, -0.15) is 0 Å². The molecular formula is C11H16N2O2S. The highest BCUT2D eigenvalue weighted by Crippen LogP contribution is 2.19. The first-order chi connectivity index (χ1) is 7.68. The van der Waals surface area contributed by atoms with Crippen LogP contribution in [0.25, 0.3) is 0 Å². The fraction of sp³-hybridized carbons (Fsp3) is 0.545. The molecule has 1 aliphatic heterocycles. The average Bonchev–Trinajstić information content (AvgIpc) is 2.31. The minimum Gasteiger partial charge on any atom is -0.317 e. The van der Waals surface area contributed by atoms with Crippen LogP contribution in [0.5, 0.6) is 0 Å². The smallest absolute Gasteiger partial charge is 0.178 e. The second kappa shape index (κ2) is 4.93. The Balaban J connectivity index is 2.08. The standard InChI is InChI=1S/C11H16N2O2S/c14-16(15,11-3-7-13-8-4-11)9-10-1-5-12-6-2-10/h3-4,7-8,10,12H,1-2,5-6,9H2. The average molecular weight is 240 g/mol. The maximum Gasteiger partial charge on any atom is 0.178 e. The number of pyridine rings is 1. The number of sulfone groups is 1. The van der Waals surface area contributed by atoms with Gasteiger partial charge in [-0.15, -0.1) is 0 Å². The highest BCUT2D eigenvalue weighted by atomic mass is 32.2. The summed E-state index contributed by atoms with van der Waals surface area (Å²) in [5.74, 6) is 0.554. The van der Waals surface area contributed by atoms with Crippen LogP contribution < -0.4 is 5.32 Å². The molecule has 0 unspecified atom stereocenters. The van der Waals surface area contributed by atoms with Gasteiger partial charge >= 0.3 is 0 Å². The van der Waals surface area contributed by atoms with Crippen LogP contribution in [0.15, 0.2) is 29.4 Å². The van der Waals surface area contributed by atoms with E-state index in [1.54, 1.807) is 12.1 Å². The number of hydrogen-bond donors (Lipinski definition) is 1. The molecule has 4 nitrogen and oxygen atoms in total. The van der Waals surface area contributed by atoms with Crippen LogP contribution in [0.1, 0.15) is 12.8 Å². The topological polar surface area (TPSA) is 59.1 Å². The summed E-state index contributed by atoms with van der Waals surface area (Å²) >= 11 is 0. The first kappa shape index (κ1) is 11.5. The van der Waals surface area contributed by atoms with Gasteiger partial charge in [0.05, 0.1) is 10.6 Å². The van der Waals surface area contributed by atoms with Gasteiger partial charge in [0, 0.05) is 12.4 Å². The molecule has 0 atom stereocenters. The molecule has 5 heteroatoms. The van der Waals surface area contributed by atoms with Crippen LogP contribution in [0.3, 0.4) is 0 Å². The van der Waals surface area contributed by atoms with Gasteiger partial charge in [0.25, 0.3) is 0 Å². The van der Waals surface area contributed by atoms with E-state index in [-0.39, 0.29) is 5.75 Å². The number of piperidine rings is 1. The summed E-state index contributed by atoms with van der Waals surface area (Å²) in [4.78, 5) is 4.22. The van der Waals surface area contributed by atoms with Gasteiger partial charge in [0.2, 0.25) is 0 Å². The summed E-state index contributed by atoms with van der Waals surface area (Å²) in [6.07, 6.45) is 4.94. The van der Waals surface area contributed by atoms with E-state index >= 15 is 0 Å². The number of rotatable bonds is 3. The fourth-order valence-electron chi connectivity index (χ4n) is 2.00. The number of nitrogens with one attached hydrogen (secondary N) is 1. The van der Waals surface area contributed by atoms with Crippen LogP contribution in [-0.2, 0) is 9.84 Å². The lowest BCUT2D eigenvalue weighted by atomic mass is 10.0. The molecule has 16 heavy (non-hydrogen) atoms. The van der Waals surface area contributed by atoms with E-state index in [0.29, 0.717) is 10.8 Å². The number of hydrogen-bond acceptors (Lipinski definition) is 4. The molecule has 2 rings (SSSR count). The Labute approximate surface area is 96.0 Å². The van der Waals surface area contributed by atoms with Crippen molar-refractivity contribution in [3.8, 4) is 0 Å². The summed E-state index contributed by atoms with van der Waals surface area (Å²) < 4.78 is 24.1. The Bertz CT molecular complexity index is 425. The maximum absolute atomic E-state index is 12.1. The SMILES string of the molecule is O=S(=O)(CC1CCNCC1)c1ccncc1. The molecule has 1 aromatic rings. The molecule has 2 heterocycles. The normalized spacial score (nSPS) is 18.5. The van der Waals surface area contributed by atoms with E-state index in [1.165, 1.54) is 12.4 Å². The second-order valence-electron chi connectivity index (χ2n) is 4.16. The Morgan fingerprint density at radius 2 is 1.88 bits per heavy atom. The first-order valence-corrected chi connectivity index (χ1v) is 7.17. The maximum atomic E-state index is 12.1. The van der Waals surface area contributed by atoms with Crippen molar-refractivity contribution in [2.24, 2.45) is 5.92 Å². The van der Waals surface area contributed by atoms with Crippen molar-refractivity contribution in [1.29, 1.82) is 0 Å². The van der Waals surface area contributed by atoms with E-state index in [0.717, 1.165) is 25.9 Å². The minimum absolute atomic E-state index is 0.263. The van der Waals surface area contributed by atoms with Gasteiger partial charge in [-0.05, 0) is 44.0 Å². The molecule has 0 bridgehead atoms. The van der Waals surface area contributed by atoms with Crippen LogP contribution in [-0.4, -0.2) is 32.2 Å². The summed E-state index contributed by atoms with van der Waals surface area (Å²) in [7, 11) is -3.13. The van der Waals surface area contributed by atoms with E-state index in [1.807, 2.05) is 0 Å². The van der Waals surface area contributed by atoms with Gasteiger partial charge in [-0.3, -0.25) is 4.98 Å². The number of aromatic nitrogens is 1. The molecule has 88 valence electrons. The van der Waals surface area contributed by atoms with Gasteiger partial charge < -0.3 is 5.32 Å². The highest BCUT2D eigenvalue weighted by molar-refractivity contribution is 7.91. The van der Waals surface area contributed by atoms with Crippen LogP contribution in [0, 0.1) is 5.92 Å². The first-order valence-electron chi connectivity index (χ1n) is 5.52. The molecule has 1 aromatic heterocycles. The van der Waals surface area contributed by atoms with Crippen molar-refractivity contribution >= 4 is 9.84 Å². The molecular weight excluding hydrogens is 224 g/mol. The van der Waals surface area contributed by atoms with Crippen LogP contribution >= 0.6 is 0 Å². The fourth-order valence-corrected chi connectivity index (χ4v) is 3.68. The van der Waals surface area contributed by atoms with Crippen LogP contribution in [0.2, 0.25) is 0 Å². The Morgan fingerprint density at radius 3 is 2.50 bits per heavy atom. The summed E-state index contributed by atoms with van der Waals surface area (Å²) in [6, 6.07) is 3.13. The summed E-state index contributed by atoms with van der Waals surface area (Å²) in [5.41, 5.74) is 0. The molecule has 0 saturated carbocycles. The molecule has 1 saturated heterocycles. The Hall–Kier alpha value is -0.940. The Kier molecular flexibility index (Phi) is 3.56. The van der Waals surface area contributed by atoms with Gasteiger partial charge in [0.1, 0.15) is 0 Å². The van der Waals surface area contributed by atoms with E-state index in [2.05, 4.69) is 10.3 Å². The zero-order valence-corrected chi connectivity index (χ0v) is 9.91. The highest BCUT2D eigenvalue weighted by Gasteiger charge is 2.22. The van der Waals surface area contributed by atoms with Gasteiger partial charge in [0.15, 0.2) is 9.84 Å². The molecule has 0 radical (unpaired) electrons.